The number of amides is 2. The zero-order chi connectivity index (χ0) is 15.7. The fourth-order valence-electron chi connectivity index (χ4n) is 3.56. The lowest BCUT2D eigenvalue weighted by Crippen LogP contribution is -2.50. The standard InChI is InChI=1S/C16H26N4O2/c1-12(14-11-17-19(3)13(14)2)18-15(21)20-8-6-16(7-9-20)5-4-10-22-16/h11-12H,4-10H2,1-3H3,(H,18,21)/t12-/m1/s1. The number of nitrogens with zero attached hydrogens (tertiary/aromatic N) is 3. The summed E-state index contributed by atoms with van der Waals surface area (Å²) in [7, 11) is 1.92. The van der Waals surface area contributed by atoms with E-state index in [2.05, 4.69) is 10.4 Å². The van der Waals surface area contributed by atoms with Crippen LogP contribution in [-0.4, -0.2) is 46.0 Å². The maximum atomic E-state index is 12.5. The van der Waals surface area contributed by atoms with E-state index in [1.54, 1.807) is 0 Å². The number of likely N-dealkylation sites (tertiary alicyclic amines) is 1. The van der Waals surface area contributed by atoms with Gasteiger partial charge in [0.05, 0.1) is 17.8 Å². The number of carbonyl (C=O) groups is 1. The van der Waals surface area contributed by atoms with Crippen molar-refractivity contribution >= 4 is 6.03 Å². The number of nitrogens with one attached hydrogen (secondary N) is 1. The van der Waals surface area contributed by atoms with Crippen LogP contribution in [0.2, 0.25) is 0 Å². The average Bonchev–Trinajstić information content (AvgIpc) is 3.08. The summed E-state index contributed by atoms with van der Waals surface area (Å²) in [6.45, 7) is 6.47. The first-order valence-electron chi connectivity index (χ1n) is 8.19. The van der Waals surface area contributed by atoms with E-state index in [-0.39, 0.29) is 17.7 Å². The summed E-state index contributed by atoms with van der Waals surface area (Å²) >= 11 is 0. The lowest BCUT2D eigenvalue weighted by atomic mass is 9.89. The van der Waals surface area contributed by atoms with Gasteiger partial charge >= 0.3 is 6.03 Å². The minimum atomic E-state index is -0.0279. The number of aryl methyl sites for hydroxylation is 1. The van der Waals surface area contributed by atoms with Crippen molar-refractivity contribution in [2.75, 3.05) is 19.7 Å². The summed E-state index contributed by atoms with van der Waals surface area (Å²) in [5.41, 5.74) is 2.22. The molecular formula is C16H26N4O2. The second-order valence-corrected chi connectivity index (χ2v) is 6.60. The van der Waals surface area contributed by atoms with Crippen LogP contribution < -0.4 is 5.32 Å². The van der Waals surface area contributed by atoms with Crippen LogP contribution in [0.5, 0.6) is 0 Å². The Morgan fingerprint density at radius 3 is 2.68 bits per heavy atom. The van der Waals surface area contributed by atoms with Crippen LogP contribution in [0.3, 0.4) is 0 Å². The maximum Gasteiger partial charge on any atom is 0.317 e. The predicted molar refractivity (Wildman–Crippen MR) is 83.6 cm³/mol. The third-order valence-electron chi connectivity index (χ3n) is 5.23. The van der Waals surface area contributed by atoms with Crippen molar-refractivity contribution in [1.82, 2.24) is 20.0 Å². The van der Waals surface area contributed by atoms with Crippen LogP contribution in [0.15, 0.2) is 6.20 Å². The fraction of sp³-hybridized carbons (Fsp3) is 0.750. The monoisotopic (exact) mass is 306 g/mol. The number of aromatic nitrogens is 2. The van der Waals surface area contributed by atoms with Crippen LogP contribution in [0.25, 0.3) is 0 Å². The SMILES string of the molecule is Cc1c([C@@H](C)NC(=O)N2CCC3(CCCO3)CC2)cnn1C. The van der Waals surface area contributed by atoms with Gasteiger partial charge in [0.2, 0.25) is 0 Å². The van der Waals surface area contributed by atoms with Crippen molar-refractivity contribution in [1.29, 1.82) is 0 Å². The van der Waals surface area contributed by atoms with Crippen molar-refractivity contribution in [3.63, 3.8) is 0 Å². The smallest absolute Gasteiger partial charge is 0.317 e. The third kappa shape index (κ3) is 2.84. The molecule has 0 bridgehead atoms. The molecule has 0 unspecified atom stereocenters. The van der Waals surface area contributed by atoms with Crippen LogP contribution in [0.4, 0.5) is 4.79 Å². The number of hydrogen-bond donors (Lipinski definition) is 1. The molecule has 3 rings (SSSR count). The van der Waals surface area contributed by atoms with Gasteiger partial charge in [0.25, 0.3) is 0 Å². The van der Waals surface area contributed by atoms with Crippen molar-refractivity contribution in [2.24, 2.45) is 7.05 Å². The molecule has 1 aromatic rings. The molecule has 6 heteroatoms. The van der Waals surface area contributed by atoms with Crippen molar-refractivity contribution in [2.45, 2.75) is 51.2 Å². The largest absolute Gasteiger partial charge is 0.375 e. The maximum absolute atomic E-state index is 12.5. The highest BCUT2D eigenvalue weighted by Gasteiger charge is 2.39. The van der Waals surface area contributed by atoms with Gasteiger partial charge < -0.3 is 15.0 Å². The number of hydrogen-bond acceptors (Lipinski definition) is 3. The van der Waals surface area contributed by atoms with Gasteiger partial charge in [0.1, 0.15) is 0 Å². The minimum absolute atomic E-state index is 0.0172. The van der Waals surface area contributed by atoms with E-state index < -0.39 is 0 Å². The Morgan fingerprint density at radius 1 is 1.41 bits per heavy atom. The Morgan fingerprint density at radius 2 is 2.14 bits per heavy atom. The van der Waals surface area contributed by atoms with Gasteiger partial charge in [-0.1, -0.05) is 0 Å². The van der Waals surface area contributed by atoms with Gasteiger partial charge in [-0.05, 0) is 39.5 Å². The van der Waals surface area contributed by atoms with Crippen LogP contribution >= 0.6 is 0 Å². The van der Waals surface area contributed by atoms with Gasteiger partial charge in [-0.25, -0.2) is 4.79 Å². The molecule has 1 aromatic heterocycles. The first kappa shape index (κ1) is 15.3. The predicted octanol–water partition coefficient (Wildman–Crippen LogP) is 2.14. The first-order valence-corrected chi connectivity index (χ1v) is 8.19. The zero-order valence-electron chi connectivity index (χ0n) is 13.8. The Labute approximate surface area is 131 Å². The lowest BCUT2D eigenvalue weighted by molar-refractivity contribution is -0.0362. The topological polar surface area (TPSA) is 59.4 Å². The summed E-state index contributed by atoms with van der Waals surface area (Å²) in [5.74, 6) is 0. The fourth-order valence-corrected chi connectivity index (χ4v) is 3.56. The van der Waals surface area contributed by atoms with Crippen LogP contribution in [-0.2, 0) is 11.8 Å². The molecule has 0 saturated carbocycles. The molecule has 1 N–H and O–H groups in total. The summed E-state index contributed by atoms with van der Waals surface area (Å²) < 4.78 is 7.74. The van der Waals surface area contributed by atoms with Gasteiger partial charge in [-0.15, -0.1) is 0 Å². The molecular weight excluding hydrogens is 280 g/mol. The highest BCUT2D eigenvalue weighted by atomic mass is 16.5. The molecule has 22 heavy (non-hydrogen) atoms. The highest BCUT2D eigenvalue weighted by molar-refractivity contribution is 5.74. The van der Waals surface area contributed by atoms with E-state index in [1.165, 1.54) is 0 Å². The van der Waals surface area contributed by atoms with Gasteiger partial charge in [0, 0.05) is 38.0 Å². The number of urea groups is 1. The average molecular weight is 306 g/mol. The van der Waals surface area contributed by atoms with E-state index in [0.717, 1.165) is 56.6 Å². The van der Waals surface area contributed by atoms with E-state index >= 15 is 0 Å². The molecule has 2 amide bonds. The molecule has 1 atom stereocenters. The summed E-state index contributed by atoms with van der Waals surface area (Å²) in [5, 5.41) is 7.33. The number of carbonyl (C=O) groups excluding carboxylic acids is 1. The second-order valence-electron chi connectivity index (χ2n) is 6.60. The Balaban J connectivity index is 1.55. The third-order valence-corrected chi connectivity index (χ3v) is 5.23. The zero-order valence-corrected chi connectivity index (χ0v) is 13.8. The Kier molecular flexibility index (Phi) is 4.12. The molecule has 0 radical (unpaired) electrons. The first-order chi connectivity index (χ1) is 10.5. The Bertz CT molecular complexity index is 538. The quantitative estimate of drug-likeness (QED) is 0.910. The molecule has 1 spiro atoms. The minimum Gasteiger partial charge on any atom is -0.375 e. The molecule has 2 saturated heterocycles. The molecule has 2 aliphatic heterocycles. The second kappa shape index (κ2) is 5.91. The number of ether oxygens (including phenoxy) is 1. The molecule has 3 heterocycles. The van der Waals surface area contributed by atoms with E-state index in [4.69, 9.17) is 4.74 Å². The molecule has 6 nitrogen and oxygen atoms in total. The summed E-state index contributed by atoms with van der Waals surface area (Å²) in [4.78, 5) is 14.4. The molecule has 0 aromatic carbocycles. The molecule has 2 aliphatic rings. The van der Waals surface area contributed by atoms with E-state index in [1.807, 2.05) is 36.7 Å². The molecule has 122 valence electrons. The lowest BCUT2D eigenvalue weighted by Gasteiger charge is -2.38. The van der Waals surface area contributed by atoms with E-state index in [9.17, 15) is 4.79 Å². The number of piperidine rings is 1. The Hall–Kier alpha value is -1.56. The van der Waals surface area contributed by atoms with Crippen LogP contribution in [0.1, 0.15) is 49.9 Å². The molecule has 2 fully saturated rings. The van der Waals surface area contributed by atoms with Gasteiger partial charge in [-0.3, -0.25) is 4.68 Å². The van der Waals surface area contributed by atoms with E-state index in [0.29, 0.717) is 0 Å². The number of rotatable bonds is 2. The highest BCUT2D eigenvalue weighted by Crippen LogP contribution is 2.35. The van der Waals surface area contributed by atoms with Crippen molar-refractivity contribution in [3.8, 4) is 0 Å². The molecule has 0 aliphatic carbocycles. The van der Waals surface area contributed by atoms with Gasteiger partial charge in [-0.2, -0.15) is 5.10 Å². The summed E-state index contributed by atoms with van der Waals surface area (Å²) in [6, 6.07) is -0.0107. The van der Waals surface area contributed by atoms with Gasteiger partial charge in [0.15, 0.2) is 0 Å². The normalized spacial score (nSPS) is 22.0. The van der Waals surface area contributed by atoms with Crippen LogP contribution in [0, 0.1) is 6.92 Å². The summed E-state index contributed by atoms with van der Waals surface area (Å²) in [6.07, 6.45) is 6.05. The van der Waals surface area contributed by atoms with Crippen molar-refractivity contribution < 1.29 is 9.53 Å². The van der Waals surface area contributed by atoms with Crippen molar-refractivity contribution in [3.05, 3.63) is 17.5 Å².